The summed E-state index contributed by atoms with van der Waals surface area (Å²) in [6, 6.07) is 13.4. The number of hydrogen-bond acceptors (Lipinski definition) is 3. The van der Waals surface area contributed by atoms with Crippen molar-refractivity contribution in [2.24, 2.45) is 0 Å². The molecule has 1 heterocycles. The Morgan fingerprint density at radius 3 is 2.91 bits per heavy atom. The summed E-state index contributed by atoms with van der Waals surface area (Å²) >= 11 is 0. The molecule has 1 aromatic carbocycles. The minimum Gasteiger partial charge on any atom is -0.396 e. The van der Waals surface area contributed by atoms with Gasteiger partial charge in [0, 0.05) is 31.9 Å². The lowest BCUT2D eigenvalue weighted by atomic mass is 9.86. The van der Waals surface area contributed by atoms with Crippen molar-refractivity contribution in [2.45, 2.75) is 45.2 Å². The van der Waals surface area contributed by atoms with Crippen LogP contribution in [0, 0.1) is 6.92 Å². The van der Waals surface area contributed by atoms with Gasteiger partial charge in [-0.2, -0.15) is 0 Å². The number of aryl methyl sites for hydroxylation is 2. The quantitative estimate of drug-likeness (QED) is 0.884. The van der Waals surface area contributed by atoms with Crippen LogP contribution in [0.4, 0.5) is 0 Å². The molecule has 3 heteroatoms. The maximum atomic E-state index is 9.29. The second-order valence-electron chi connectivity index (χ2n) is 6.42. The van der Waals surface area contributed by atoms with Crippen molar-refractivity contribution in [3.05, 3.63) is 65.0 Å². The van der Waals surface area contributed by atoms with Crippen LogP contribution in [0.2, 0.25) is 0 Å². The highest BCUT2D eigenvalue weighted by atomic mass is 16.3. The maximum Gasteiger partial charge on any atom is 0.0573 e. The zero-order valence-electron chi connectivity index (χ0n) is 13.9. The zero-order valence-corrected chi connectivity index (χ0v) is 13.9. The van der Waals surface area contributed by atoms with E-state index in [1.54, 1.807) is 0 Å². The van der Waals surface area contributed by atoms with Crippen LogP contribution in [-0.2, 0) is 13.0 Å². The molecule has 2 aromatic rings. The molecule has 1 aliphatic carbocycles. The van der Waals surface area contributed by atoms with Crippen LogP contribution < -0.4 is 0 Å². The molecule has 1 N–H and O–H groups in total. The Bertz CT molecular complexity index is 641. The predicted octanol–water partition coefficient (Wildman–Crippen LogP) is 3.65. The van der Waals surface area contributed by atoms with E-state index < -0.39 is 0 Å². The molecular weight excluding hydrogens is 284 g/mol. The van der Waals surface area contributed by atoms with Crippen LogP contribution in [0.15, 0.2) is 42.6 Å². The number of hydrogen-bond donors (Lipinski definition) is 1. The number of aliphatic hydroxyl groups is 1. The maximum absolute atomic E-state index is 9.29. The van der Waals surface area contributed by atoms with Gasteiger partial charge in [-0.1, -0.05) is 30.3 Å². The molecule has 1 aromatic heterocycles. The highest BCUT2D eigenvalue weighted by Crippen LogP contribution is 2.35. The molecule has 0 saturated carbocycles. The summed E-state index contributed by atoms with van der Waals surface area (Å²) < 4.78 is 0. The zero-order chi connectivity index (χ0) is 16.1. The summed E-state index contributed by atoms with van der Waals surface area (Å²) in [6.07, 6.45) is 6.29. The van der Waals surface area contributed by atoms with Crippen LogP contribution in [0.3, 0.4) is 0 Å². The van der Waals surface area contributed by atoms with E-state index in [-0.39, 0.29) is 6.61 Å². The van der Waals surface area contributed by atoms with Gasteiger partial charge in [0.15, 0.2) is 0 Å². The fourth-order valence-electron chi connectivity index (χ4n) is 3.60. The first-order valence-corrected chi connectivity index (χ1v) is 8.63. The van der Waals surface area contributed by atoms with E-state index in [2.05, 4.69) is 47.1 Å². The third-order valence-electron chi connectivity index (χ3n) is 4.85. The number of nitrogens with zero attached hydrogens (tertiary/aromatic N) is 2. The van der Waals surface area contributed by atoms with Gasteiger partial charge in [-0.15, -0.1) is 0 Å². The van der Waals surface area contributed by atoms with Crippen molar-refractivity contribution in [1.82, 2.24) is 9.88 Å². The van der Waals surface area contributed by atoms with E-state index in [9.17, 15) is 5.11 Å². The average Bonchev–Trinajstić information content (AvgIpc) is 2.60. The lowest BCUT2D eigenvalue weighted by molar-refractivity contribution is 0.150. The van der Waals surface area contributed by atoms with E-state index in [1.807, 2.05) is 12.3 Å². The van der Waals surface area contributed by atoms with E-state index in [4.69, 9.17) is 0 Å². The Balaban J connectivity index is 1.86. The summed E-state index contributed by atoms with van der Waals surface area (Å²) in [6.45, 7) is 4.13. The third kappa shape index (κ3) is 3.80. The molecule has 0 spiro atoms. The SMILES string of the molecule is Cc1cccnc1CN(CCCO)C1CCCc2ccccc21. The Morgan fingerprint density at radius 1 is 1.22 bits per heavy atom. The van der Waals surface area contributed by atoms with Gasteiger partial charge in [0.2, 0.25) is 0 Å². The van der Waals surface area contributed by atoms with Crippen LogP contribution in [0.1, 0.15) is 47.7 Å². The lowest BCUT2D eigenvalue weighted by Crippen LogP contribution is -2.32. The second-order valence-corrected chi connectivity index (χ2v) is 6.42. The summed E-state index contributed by atoms with van der Waals surface area (Å²) in [5, 5.41) is 9.29. The van der Waals surface area contributed by atoms with Crippen molar-refractivity contribution < 1.29 is 5.11 Å². The third-order valence-corrected chi connectivity index (χ3v) is 4.85. The Morgan fingerprint density at radius 2 is 2.09 bits per heavy atom. The number of rotatable bonds is 6. The number of pyridine rings is 1. The molecule has 3 nitrogen and oxygen atoms in total. The van der Waals surface area contributed by atoms with E-state index in [1.165, 1.54) is 36.0 Å². The van der Waals surface area contributed by atoms with Gasteiger partial charge in [-0.3, -0.25) is 9.88 Å². The number of aromatic nitrogens is 1. The Kier molecular flexibility index (Phi) is 5.42. The normalized spacial score (nSPS) is 17.3. The molecule has 0 aliphatic heterocycles. The van der Waals surface area contributed by atoms with E-state index in [0.29, 0.717) is 6.04 Å². The van der Waals surface area contributed by atoms with Crippen molar-refractivity contribution in [3.8, 4) is 0 Å². The van der Waals surface area contributed by atoms with Gasteiger partial charge in [0.1, 0.15) is 0 Å². The smallest absolute Gasteiger partial charge is 0.0573 e. The van der Waals surface area contributed by atoms with Crippen LogP contribution >= 0.6 is 0 Å². The second kappa shape index (κ2) is 7.71. The highest BCUT2D eigenvalue weighted by molar-refractivity contribution is 5.32. The van der Waals surface area contributed by atoms with Gasteiger partial charge in [-0.05, 0) is 55.4 Å². The van der Waals surface area contributed by atoms with Crippen LogP contribution in [0.25, 0.3) is 0 Å². The first-order valence-electron chi connectivity index (χ1n) is 8.63. The molecule has 0 amide bonds. The molecular formula is C20H26N2O. The largest absolute Gasteiger partial charge is 0.396 e. The standard InChI is InChI=1S/C20H26N2O/c1-16-7-5-12-21-19(16)15-22(13-6-14-23)20-11-4-9-17-8-2-3-10-18(17)20/h2-3,5,7-8,10,12,20,23H,4,6,9,11,13-15H2,1H3. The van der Waals surface area contributed by atoms with Gasteiger partial charge in [-0.25, -0.2) is 0 Å². The van der Waals surface area contributed by atoms with Gasteiger partial charge in [0.25, 0.3) is 0 Å². The molecule has 1 aliphatic rings. The van der Waals surface area contributed by atoms with Crippen LogP contribution in [-0.4, -0.2) is 28.1 Å². The van der Waals surface area contributed by atoms with Crippen molar-refractivity contribution in [3.63, 3.8) is 0 Å². The Labute approximate surface area is 139 Å². The van der Waals surface area contributed by atoms with E-state index >= 15 is 0 Å². The van der Waals surface area contributed by atoms with Crippen molar-refractivity contribution in [2.75, 3.05) is 13.2 Å². The lowest BCUT2D eigenvalue weighted by Gasteiger charge is -2.36. The van der Waals surface area contributed by atoms with Crippen molar-refractivity contribution >= 4 is 0 Å². The molecule has 0 saturated heterocycles. The minimum absolute atomic E-state index is 0.242. The molecule has 122 valence electrons. The fraction of sp³-hybridized carbons (Fsp3) is 0.450. The molecule has 0 radical (unpaired) electrons. The molecule has 23 heavy (non-hydrogen) atoms. The molecule has 0 bridgehead atoms. The number of fused-ring (bicyclic) bond motifs is 1. The summed E-state index contributed by atoms with van der Waals surface area (Å²) in [7, 11) is 0. The fourth-order valence-corrected chi connectivity index (χ4v) is 3.60. The van der Waals surface area contributed by atoms with Crippen molar-refractivity contribution in [1.29, 1.82) is 0 Å². The summed E-state index contributed by atoms with van der Waals surface area (Å²) in [5.41, 5.74) is 5.33. The van der Waals surface area contributed by atoms with Gasteiger partial charge >= 0.3 is 0 Å². The summed E-state index contributed by atoms with van der Waals surface area (Å²) in [4.78, 5) is 7.08. The number of aliphatic hydroxyl groups excluding tert-OH is 1. The van der Waals surface area contributed by atoms with Gasteiger partial charge < -0.3 is 5.11 Å². The summed E-state index contributed by atoms with van der Waals surface area (Å²) in [5.74, 6) is 0. The topological polar surface area (TPSA) is 36.4 Å². The molecule has 3 rings (SSSR count). The first-order chi connectivity index (χ1) is 11.3. The van der Waals surface area contributed by atoms with Crippen LogP contribution in [0.5, 0.6) is 0 Å². The minimum atomic E-state index is 0.242. The van der Waals surface area contributed by atoms with Gasteiger partial charge in [0.05, 0.1) is 5.69 Å². The molecule has 1 unspecified atom stereocenters. The predicted molar refractivity (Wildman–Crippen MR) is 93.2 cm³/mol. The Hall–Kier alpha value is -1.71. The monoisotopic (exact) mass is 310 g/mol. The first kappa shape index (κ1) is 16.2. The average molecular weight is 310 g/mol. The number of benzene rings is 1. The molecule has 0 fully saturated rings. The molecule has 1 atom stereocenters. The van der Waals surface area contributed by atoms with E-state index in [0.717, 1.165) is 25.2 Å². The highest BCUT2D eigenvalue weighted by Gasteiger charge is 2.26.